The van der Waals surface area contributed by atoms with Crippen LogP contribution in [-0.4, -0.2) is 26.0 Å². The maximum Gasteiger partial charge on any atom is 0.251 e. The van der Waals surface area contributed by atoms with E-state index >= 15 is 0 Å². The second-order valence-electron chi connectivity index (χ2n) is 6.00. The van der Waals surface area contributed by atoms with Crippen molar-refractivity contribution >= 4 is 17.3 Å². The van der Waals surface area contributed by atoms with Gasteiger partial charge in [-0.3, -0.25) is 4.79 Å². The number of hydrogen-bond acceptors (Lipinski definition) is 3. The van der Waals surface area contributed by atoms with Gasteiger partial charge < -0.3 is 16.0 Å². The molecule has 4 heteroatoms. The maximum atomic E-state index is 11.6. The molecular formula is C15H23N3O. The number of amides is 1. The van der Waals surface area contributed by atoms with E-state index in [0.717, 1.165) is 18.8 Å². The van der Waals surface area contributed by atoms with Gasteiger partial charge in [-0.1, -0.05) is 13.8 Å². The molecule has 2 rings (SSSR count). The van der Waals surface area contributed by atoms with Gasteiger partial charge in [0.15, 0.2) is 0 Å². The Labute approximate surface area is 115 Å². The minimum Gasteiger partial charge on any atom is -0.397 e. The summed E-state index contributed by atoms with van der Waals surface area (Å²) in [5, 5.41) is 2.61. The lowest BCUT2D eigenvalue weighted by atomic mass is 9.82. The number of nitrogens with one attached hydrogen (secondary N) is 1. The number of nitrogens with two attached hydrogens (primary N) is 1. The number of nitrogen functional groups attached to an aromatic ring is 1. The Hall–Kier alpha value is -1.71. The molecule has 0 radical (unpaired) electrons. The van der Waals surface area contributed by atoms with Gasteiger partial charge in [0.05, 0.1) is 11.4 Å². The second-order valence-corrected chi connectivity index (χ2v) is 6.00. The lowest BCUT2D eigenvalue weighted by Crippen LogP contribution is -2.37. The summed E-state index contributed by atoms with van der Waals surface area (Å²) in [6, 6.07) is 5.55. The van der Waals surface area contributed by atoms with E-state index in [4.69, 9.17) is 5.73 Å². The van der Waals surface area contributed by atoms with Gasteiger partial charge >= 0.3 is 0 Å². The largest absolute Gasteiger partial charge is 0.397 e. The molecule has 1 aromatic rings. The fourth-order valence-electron chi connectivity index (χ4n) is 2.48. The van der Waals surface area contributed by atoms with Crippen molar-refractivity contribution in [2.45, 2.75) is 26.7 Å². The molecule has 1 aliphatic rings. The van der Waals surface area contributed by atoms with Crippen molar-refractivity contribution in [2.24, 2.45) is 5.41 Å². The Balaban J connectivity index is 2.16. The first kappa shape index (κ1) is 13.7. The lowest BCUT2D eigenvalue weighted by molar-refractivity contribution is 0.0963. The van der Waals surface area contributed by atoms with Crippen LogP contribution in [0.25, 0.3) is 0 Å². The molecule has 1 fully saturated rings. The molecule has 0 atom stereocenters. The quantitative estimate of drug-likeness (QED) is 0.803. The maximum absolute atomic E-state index is 11.6. The summed E-state index contributed by atoms with van der Waals surface area (Å²) in [4.78, 5) is 13.9. The van der Waals surface area contributed by atoms with Crippen molar-refractivity contribution in [1.29, 1.82) is 0 Å². The summed E-state index contributed by atoms with van der Waals surface area (Å²) in [5.74, 6) is -0.0990. The number of piperidine rings is 1. The summed E-state index contributed by atoms with van der Waals surface area (Å²) in [7, 11) is 1.62. The van der Waals surface area contributed by atoms with Gasteiger partial charge in [0, 0.05) is 25.7 Å². The molecular weight excluding hydrogens is 238 g/mol. The SMILES string of the molecule is CNC(=O)c1ccc(N2CCC(C)(C)CC2)c(N)c1. The van der Waals surface area contributed by atoms with Gasteiger partial charge in [-0.05, 0) is 36.5 Å². The van der Waals surface area contributed by atoms with E-state index in [0.29, 0.717) is 16.7 Å². The molecule has 1 amide bonds. The van der Waals surface area contributed by atoms with Crippen LogP contribution in [0.3, 0.4) is 0 Å². The average molecular weight is 261 g/mol. The first-order valence-electron chi connectivity index (χ1n) is 6.79. The molecule has 0 unspecified atom stereocenters. The fraction of sp³-hybridized carbons (Fsp3) is 0.533. The smallest absolute Gasteiger partial charge is 0.251 e. The summed E-state index contributed by atoms with van der Waals surface area (Å²) in [5.41, 5.74) is 8.85. The predicted molar refractivity (Wildman–Crippen MR) is 79.5 cm³/mol. The zero-order valence-corrected chi connectivity index (χ0v) is 12.0. The predicted octanol–water partition coefficient (Wildman–Crippen LogP) is 2.25. The average Bonchev–Trinajstić information content (AvgIpc) is 2.38. The third-order valence-electron chi connectivity index (χ3n) is 3.97. The Bertz CT molecular complexity index is 472. The molecule has 4 nitrogen and oxygen atoms in total. The van der Waals surface area contributed by atoms with Crippen molar-refractivity contribution < 1.29 is 4.79 Å². The van der Waals surface area contributed by atoms with Crippen LogP contribution < -0.4 is 16.0 Å². The van der Waals surface area contributed by atoms with E-state index in [1.54, 1.807) is 13.1 Å². The number of hydrogen-bond donors (Lipinski definition) is 2. The normalized spacial score (nSPS) is 18.2. The van der Waals surface area contributed by atoms with Crippen molar-refractivity contribution in [2.75, 3.05) is 30.8 Å². The lowest BCUT2D eigenvalue weighted by Gasteiger charge is -2.38. The molecule has 0 bridgehead atoms. The van der Waals surface area contributed by atoms with Gasteiger partial charge in [0.25, 0.3) is 5.91 Å². The van der Waals surface area contributed by atoms with Gasteiger partial charge in [-0.2, -0.15) is 0 Å². The van der Waals surface area contributed by atoms with E-state index in [1.165, 1.54) is 12.8 Å². The van der Waals surface area contributed by atoms with Crippen molar-refractivity contribution in [3.05, 3.63) is 23.8 Å². The standard InChI is InChI=1S/C15H23N3O/c1-15(2)6-8-18(9-7-15)13-5-4-11(10-12(13)16)14(19)17-3/h4-5,10H,6-9,16H2,1-3H3,(H,17,19). The number of anilines is 2. The number of carbonyl (C=O) groups excluding carboxylic acids is 1. The molecule has 0 saturated carbocycles. The second kappa shape index (κ2) is 5.11. The number of nitrogens with zero attached hydrogens (tertiary/aromatic N) is 1. The van der Waals surface area contributed by atoms with E-state index in [-0.39, 0.29) is 5.91 Å². The zero-order valence-electron chi connectivity index (χ0n) is 12.0. The highest BCUT2D eigenvalue weighted by Gasteiger charge is 2.26. The molecule has 1 heterocycles. The van der Waals surface area contributed by atoms with Crippen molar-refractivity contribution in [3.63, 3.8) is 0 Å². The van der Waals surface area contributed by atoms with E-state index in [1.807, 2.05) is 12.1 Å². The highest BCUT2D eigenvalue weighted by Crippen LogP contribution is 2.34. The number of rotatable bonds is 2. The third-order valence-corrected chi connectivity index (χ3v) is 3.97. The molecule has 3 N–H and O–H groups in total. The summed E-state index contributed by atoms with van der Waals surface area (Å²) < 4.78 is 0. The van der Waals surface area contributed by atoms with E-state index < -0.39 is 0 Å². The molecule has 1 saturated heterocycles. The van der Waals surface area contributed by atoms with Crippen LogP contribution in [0.15, 0.2) is 18.2 Å². The van der Waals surface area contributed by atoms with Crippen LogP contribution in [0.1, 0.15) is 37.0 Å². The molecule has 1 aromatic carbocycles. The number of carbonyl (C=O) groups is 1. The monoisotopic (exact) mass is 261 g/mol. The summed E-state index contributed by atoms with van der Waals surface area (Å²) in [6.45, 7) is 6.66. The Morgan fingerprint density at radius 3 is 2.47 bits per heavy atom. The molecule has 104 valence electrons. The first-order chi connectivity index (χ1) is 8.93. The van der Waals surface area contributed by atoms with Crippen LogP contribution in [0.2, 0.25) is 0 Å². The van der Waals surface area contributed by atoms with Crippen LogP contribution in [0, 0.1) is 5.41 Å². The van der Waals surface area contributed by atoms with Gasteiger partial charge in [0.2, 0.25) is 0 Å². The van der Waals surface area contributed by atoms with E-state index in [9.17, 15) is 4.79 Å². The minimum atomic E-state index is -0.0990. The summed E-state index contributed by atoms with van der Waals surface area (Å²) >= 11 is 0. The summed E-state index contributed by atoms with van der Waals surface area (Å²) in [6.07, 6.45) is 2.34. The highest BCUT2D eigenvalue weighted by molar-refractivity contribution is 5.96. The highest BCUT2D eigenvalue weighted by atomic mass is 16.1. The van der Waals surface area contributed by atoms with Crippen LogP contribution in [-0.2, 0) is 0 Å². The zero-order chi connectivity index (χ0) is 14.0. The van der Waals surface area contributed by atoms with Crippen LogP contribution in [0.5, 0.6) is 0 Å². The molecule has 0 spiro atoms. The van der Waals surface area contributed by atoms with E-state index in [2.05, 4.69) is 24.1 Å². The fourth-order valence-corrected chi connectivity index (χ4v) is 2.48. The van der Waals surface area contributed by atoms with Gasteiger partial charge in [-0.25, -0.2) is 0 Å². The third kappa shape index (κ3) is 3.00. The topological polar surface area (TPSA) is 58.4 Å². The Morgan fingerprint density at radius 1 is 1.32 bits per heavy atom. The Kier molecular flexibility index (Phi) is 3.69. The van der Waals surface area contributed by atoms with Crippen molar-refractivity contribution in [3.8, 4) is 0 Å². The Morgan fingerprint density at radius 2 is 1.95 bits per heavy atom. The minimum absolute atomic E-state index is 0.0990. The van der Waals surface area contributed by atoms with Crippen LogP contribution in [0.4, 0.5) is 11.4 Å². The first-order valence-corrected chi connectivity index (χ1v) is 6.79. The van der Waals surface area contributed by atoms with Gasteiger partial charge in [-0.15, -0.1) is 0 Å². The molecule has 1 aliphatic heterocycles. The van der Waals surface area contributed by atoms with Gasteiger partial charge in [0.1, 0.15) is 0 Å². The molecule has 19 heavy (non-hydrogen) atoms. The van der Waals surface area contributed by atoms with Crippen LogP contribution >= 0.6 is 0 Å². The molecule has 0 aliphatic carbocycles. The van der Waals surface area contributed by atoms with Crippen molar-refractivity contribution in [1.82, 2.24) is 5.32 Å². The number of benzene rings is 1. The molecule has 0 aromatic heterocycles.